The van der Waals surface area contributed by atoms with Crippen molar-refractivity contribution in [3.05, 3.63) is 34.3 Å². The number of rotatable bonds is 1. The lowest BCUT2D eigenvalue weighted by Gasteiger charge is -2.04. The Kier molecular flexibility index (Phi) is 2.58. The second-order valence-corrected chi connectivity index (χ2v) is 3.61. The van der Waals surface area contributed by atoms with E-state index in [1.165, 1.54) is 16.8 Å². The van der Waals surface area contributed by atoms with Crippen LogP contribution in [0, 0.1) is 17.1 Å². The molecule has 0 fully saturated rings. The zero-order valence-corrected chi connectivity index (χ0v) is 9.44. The number of nitrogen functional groups attached to an aromatic ring is 1. The Bertz CT molecular complexity index is 586. The SMILES string of the molecule is N#Cc1c(F)cccc1-n1nc(N)nc1Br. The van der Waals surface area contributed by atoms with E-state index in [0.29, 0.717) is 10.4 Å². The van der Waals surface area contributed by atoms with Crippen LogP contribution in [0.25, 0.3) is 5.69 Å². The van der Waals surface area contributed by atoms with Crippen molar-refractivity contribution in [2.45, 2.75) is 0 Å². The van der Waals surface area contributed by atoms with Crippen molar-refractivity contribution in [3.8, 4) is 11.8 Å². The third-order valence-corrected chi connectivity index (χ3v) is 2.43. The largest absolute Gasteiger partial charge is 0.366 e. The normalized spacial score (nSPS) is 10.1. The number of hydrogen-bond acceptors (Lipinski definition) is 4. The average Bonchev–Trinajstić information content (AvgIpc) is 2.57. The molecule has 0 saturated carbocycles. The van der Waals surface area contributed by atoms with Crippen molar-refractivity contribution in [3.63, 3.8) is 0 Å². The van der Waals surface area contributed by atoms with Crippen LogP contribution in [0.5, 0.6) is 0 Å². The minimum Gasteiger partial charge on any atom is -0.366 e. The lowest BCUT2D eigenvalue weighted by Crippen LogP contribution is -2.02. The van der Waals surface area contributed by atoms with E-state index in [2.05, 4.69) is 26.0 Å². The van der Waals surface area contributed by atoms with Crippen molar-refractivity contribution in [2.24, 2.45) is 0 Å². The summed E-state index contributed by atoms with van der Waals surface area (Å²) in [6, 6.07) is 6.02. The van der Waals surface area contributed by atoms with Gasteiger partial charge in [0, 0.05) is 0 Å². The maximum Gasteiger partial charge on any atom is 0.240 e. The number of halogens is 2. The Morgan fingerprint density at radius 2 is 2.25 bits per heavy atom. The second-order valence-electron chi connectivity index (χ2n) is 2.90. The van der Waals surface area contributed by atoms with E-state index >= 15 is 0 Å². The Hall–Kier alpha value is -1.94. The molecule has 2 N–H and O–H groups in total. The first-order valence-corrected chi connectivity index (χ1v) is 5.00. The van der Waals surface area contributed by atoms with Gasteiger partial charge in [-0.1, -0.05) is 6.07 Å². The van der Waals surface area contributed by atoms with Crippen LogP contribution in [0.3, 0.4) is 0 Å². The van der Waals surface area contributed by atoms with E-state index in [9.17, 15) is 4.39 Å². The zero-order chi connectivity index (χ0) is 11.7. The Morgan fingerprint density at radius 3 is 2.81 bits per heavy atom. The quantitative estimate of drug-likeness (QED) is 0.861. The minimum atomic E-state index is -0.610. The molecule has 1 heterocycles. The van der Waals surface area contributed by atoms with Crippen LogP contribution in [-0.2, 0) is 0 Å². The van der Waals surface area contributed by atoms with Crippen LogP contribution in [0.15, 0.2) is 22.9 Å². The molecule has 80 valence electrons. The first kappa shape index (κ1) is 10.6. The van der Waals surface area contributed by atoms with Gasteiger partial charge in [-0.2, -0.15) is 10.2 Å². The van der Waals surface area contributed by atoms with Crippen molar-refractivity contribution in [1.82, 2.24) is 14.8 Å². The summed E-state index contributed by atoms with van der Waals surface area (Å²) in [6.45, 7) is 0. The van der Waals surface area contributed by atoms with Crippen molar-refractivity contribution in [1.29, 1.82) is 5.26 Å². The smallest absolute Gasteiger partial charge is 0.240 e. The van der Waals surface area contributed by atoms with Gasteiger partial charge < -0.3 is 5.73 Å². The second kappa shape index (κ2) is 3.90. The summed E-state index contributed by atoms with van der Waals surface area (Å²) in [4.78, 5) is 3.81. The van der Waals surface area contributed by atoms with Gasteiger partial charge in [-0.3, -0.25) is 0 Å². The molecule has 0 spiro atoms. The first-order chi connectivity index (χ1) is 7.63. The van der Waals surface area contributed by atoms with Crippen molar-refractivity contribution in [2.75, 3.05) is 5.73 Å². The predicted octanol–water partition coefficient (Wildman–Crippen LogP) is 1.62. The molecule has 0 atom stereocenters. The van der Waals surface area contributed by atoms with E-state index in [4.69, 9.17) is 11.0 Å². The van der Waals surface area contributed by atoms with Crippen molar-refractivity contribution >= 4 is 21.9 Å². The highest BCUT2D eigenvalue weighted by Gasteiger charge is 2.14. The summed E-state index contributed by atoms with van der Waals surface area (Å²) in [5.74, 6) is -0.569. The molecule has 5 nitrogen and oxygen atoms in total. The van der Waals surface area contributed by atoms with Gasteiger partial charge in [0.15, 0.2) is 0 Å². The van der Waals surface area contributed by atoms with Gasteiger partial charge in [-0.15, -0.1) is 5.10 Å². The molecule has 0 radical (unpaired) electrons. The third kappa shape index (κ3) is 1.63. The molecule has 7 heteroatoms. The Morgan fingerprint density at radius 1 is 1.50 bits per heavy atom. The molecule has 2 aromatic rings. The summed E-state index contributed by atoms with van der Waals surface area (Å²) in [6.07, 6.45) is 0. The first-order valence-electron chi connectivity index (χ1n) is 4.20. The fourth-order valence-corrected chi connectivity index (χ4v) is 1.71. The molecular formula is C9H5BrFN5. The van der Waals surface area contributed by atoms with Crippen molar-refractivity contribution < 1.29 is 4.39 Å². The molecule has 1 aromatic carbocycles. The predicted molar refractivity (Wildman–Crippen MR) is 58.1 cm³/mol. The minimum absolute atomic E-state index is 0.0417. The number of aromatic nitrogens is 3. The average molecular weight is 282 g/mol. The summed E-state index contributed by atoms with van der Waals surface area (Å²) in [5.41, 5.74) is 5.58. The molecule has 0 aliphatic heterocycles. The summed E-state index contributed by atoms with van der Waals surface area (Å²) >= 11 is 3.12. The number of benzene rings is 1. The molecule has 0 unspecified atom stereocenters. The van der Waals surface area contributed by atoms with Crippen LogP contribution >= 0.6 is 15.9 Å². The van der Waals surface area contributed by atoms with Crippen LogP contribution in [0.4, 0.5) is 10.3 Å². The number of nitrogens with zero attached hydrogens (tertiary/aromatic N) is 4. The molecule has 1 aromatic heterocycles. The topological polar surface area (TPSA) is 80.5 Å². The van der Waals surface area contributed by atoms with Gasteiger partial charge in [0.1, 0.15) is 17.4 Å². The van der Waals surface area contributed by atoms with Crippen LogP contribution < -0.4 is 5.73 Å². The van der Waals surface area contributed by atoms with Gasteiger partial charge in [0.2, 0.25) is 10.7 Å². The maximum atomic E-state index is 13.3. The van der Waals surface area contributed by atoms with Crippen LogP contribution in [-0.4, -0.2) is 14.8 Å². The number of anilines is 1. The maximum absolute atomic E-state index is 13.3. The third-order valence-electron chi connectivity index (χ3n) is 1.92. The molecule has 0 saturated heterocycles. The van der Waals surface area contributed by atoms with Gasteiger partial charge in [0.25, 0.3) is 0 Å². The highest BCUT2D eigenvalue weighted by atomic mass is 79.9. The van der Waals surface area contributed by atoms with Gasteiger partial charge in [-0.05, 0) is 28.1 Å². The standard InChI is InChI=1S/C9H5BrFN5/c10-8-14-9(13)15-16(8)7-3-1-2-6(11)5(7)4-12/h1-3H,(H2,13,15). The molecular weight excluding hydrogens is 277 g/mol. The molecule has 16 heavy (non-hydrogen) atoms. The fourth-order valence-electron chi connectivity index (χ4n) is 1.26. The number of hydrogen-bond donors (Lipinski definition) is 1. The molecule has 0 amide bonds. The lowest BCUT2D eigenvalue weighted by molar-refractivity contribution is 0.621. The van der Waals surface area contributed by atoms with Gasteiger partial charge in [-0.25, -0.2) is 9.07 Å². The number of nitriles is 1. The molecule has 0 aliphatic rings. The molecule has 0 bridgehead atoms. The molecule has 0 aliphatic carbocycles. The zero-order valence-electron chi connectivity index (χ0n) is 7.85. The lowest BCUT2D eigenvalue weighted by atomic mass is 10.2. The summed E-state index contributed by atoms with van der Waals surface area (Å²) in [7, 11) is 0. The van der Waals surface area contributed by atoms with E-state index in [-0.39, 0.29) is 11.5 Å². The van der Waals surface area contributed by atoms with Crippen LogP contribution in [0.1, 0.15) is 5.56 Å². The van der Waals surface area contributed by atoms with E-state index in [1.807, 2.05) is 0 Å². The van der Waals surface area contributed by atoms with Crippen LogP contribution in [0.2, 0.25) is 0 Å². The van der Waals surface area contributed by atoms with E-state index in [0.717, 1.165) is 0 Å². The van der Waals surface area contributed by atoms with E-state index in [1.54, 1.807) is 12.1 Å². The highest BCUT2D eigenvalue weighted by Crippen LogP contribution is 2.20. The summed E-state index contributed by atoms with van der Waals surface area (Å²) in [5, 5.41) is 12.7. The Labute approximate surface area is 98.4 Å². The Balaban J connectivity index is 2.70. The summed E-state index contributed by atoms with van der Waals surface area (Å²) < 4.78 is 14.9. The molecule has 2 rings (SSSR count). The van der Waals surface area contributed by atoms with Gasteiger partial charge in [0.05, 0.1) is 5.69 Å². The monoisotopic (exact) mass is 281 g/mol. The highest BCUT2D eigenvalue weighted by molar-refractivity contribution is 9.10. The van der Waals surface area contributed by atoms with Gasteiger partial charge >= 0.3 is 0 Å². The number of nitrogens with two attached hydrogens (primary N) is 1. The van der Waals surface area contributed by atoms with E-state index < -0.39 is 5.82 Å². The fraction of sp³-hybridized carbons (Fsp3) is 0.